The highest BCUT2D eigenvalue weighted by Gasteiger charge is 2.19. The molecule has 0 aromatic heterocycles. The highest BCUT2D eigenvalue weighted by Crippen LogP contribution is 2.18. The van der Waals surface area contributed by atoms with Crippen LogP contribution in [0.2, 0.25) is 0 Å². The largest absolute Gasteiger partial charge is 0.475 e. The third kappa shape index (κ3) is 6.40. The fourth-order valence-electron chi connectivity index (χ4n) is 2.73. The Hall–Kier alpha value is -1.75. The number of hydrogen-bond acceptors (Lipinski definition) is 4. The Morgan fingerprint density at radius 3 is 2.42 bits per heavy atom. The molecule has 0 radical (unpaired) electrons. The minimum atomic E-state index is -0.463. The molecule has 1 amide bonds. The van der Waals surface area contributed by atoms with Crippen LogP contribution in [0.4, 0.5) is 4.79 Å². The van der Waals surface area contributed by atoms with Crippen LogP contribution >= 0.6 is 0 Å². The summed E-state index contributed by atoms with van der Waals surface area (Å²) < 4.78 is 11.2. The molecule has 0 bridgehead atoms. The van der Waals surface area contributed by atoms with E-state index in [0.717, 1.165) is 30.8 Å². The lowest BCUT2D eigenvalue weighted by atomic mass is 10.1. The van der Waals surface area contributed by atoms with Crippen molar-refractivity contribution in [3.05, 3.63) is 29.8 Å². The van der Waals surface area contributed by atoms with E-state index in [1.54, 1.807) is 0 Å². The van der Waals surface area contributed by atoms with Gasteiger partial charge in [-0.3, -0.25) is 4.90 Å². The van der Waals surface area contributed by atoms with Gasteiger partial charge >= 0.3 is 6.09 Å². The third-order valence-corrected chi connectivity index (χ3v) is 3.97. The van der Waals surface area contributed by atoms with Crippen LogP contribution in [0.5, 0.6) is 5.75 Å². The first kappa shape index (κ1) is 18.6. The van der Waals surface area contributed by atoms with Crippen molar-refractivity contribution in [1.82, 2.24) is 10.2 Å². The number of amides is 1. The second-order valence-electron chi connectivity index (χ2n) is 7.28. The minimum absolute atomic E-state index is 0.118. The van der Waals surface area contributed by atoms with Crippen molar-refractivity contribution in [2.45, 2.75) is 58.8 Å². The molecule has 5 nitrogen and oxygen atoms in total. The fourth-order valence-corrected chi connectivity index (χ4v) is 2.73. The van der Waals surface area contributed by atoms with Crippen LogP contribution in [0.1, 0.15) is 46.1 Å². The van der Waals surface area contributed by atoms with Crippen molar-refractivity contribution in [2.24, 2.45) is 0 Å². The van der Waals surface area contributed by atoms with Gasteiger partial charge in [0, 0.05) is 19.6 Å². The lowest BCUT2D eigenvalue weighted by molar-refractivity contribution is 0.0528. The van der Waals surface area contributed by atoms with Gasteiger partial charge in [0.2, 0.25) is 0 Å². The van der Waals surface area contributed by atoms with Gasteiger partial charge in [-0.05, 0) is 64.7 Å². The van der Waals surface area contributed by atoms with Crippen molar-refractivity contribution in [1.29, 1.82) is 0 Å². The zero-order chi connectivity index (χ0) is 17.6. The number of alkyl carbamates (subject to hydrolysis) is 1. The van der Waals surface area contributed by atoms with Crippen molar-refractivity contribution >= 4 is 6.09 Å². The first-order chi connectivity index (χ1) is 11.3. The van der Waals surface area contributed by atoms with Crippen LogP contribution in [0.15, 0.2) is 24.3 Å². The van der Waals surface area contributed by atoms with E-state index < -0.39 is 5.60 Å². The van der Waals surface area contributed by atoms with Crippen molar-refractivity contribution in [3.8, 4) is 5.75 Å². The number of rotatable bonds is 6. The Morgan fingerprint density at radius 2 is 1.83 bits per heavy atom. The summed E-state index contributed by atoms with van der Waals surface area (Å²) in [6, 6.07) is 8.08. The van der Waals surface area contributed by atoms with E-state index in [-0.39, 0.29) is 12.3 Å². The van der Waals surface area contributed by atoms with Crippen LogP contribution in [-0.4, -0.2) is 42.5 Å². The number of nitrogens with one attached hydrogen (secondary N) is 1. The number of nitrogens with zero attached hydrogens (tertiary/aromatic N) is 1. The van der Waals surface area contributed by atoms with Gasteiger partial charge in [-0.1, -0.05) is 12.1 Å². The van der Waals surface area contributed by atoms with E-state index in [2.05, 4.69) is 17.1 Å². The Labute approximate surface area is 145 Å². The quantitative estimate of drug-likeness (QED) is 0.864. The average Bonchev–Trinajstić information content (AvgIpc) is 3.01. The van der Waals surface area contributed by atoms with Crippen LogP contribution in [0, 0.1) is 0 Å². The number of benzene rings is 1. The summed E-state index contributed by atoms with van der Waals surface area (Å²) in [4.78, 5) is 14.0. The van der Waals surface area contributed by atoms with E-state index in [9.17, 15) is 4.79 Å². The van der Waals surface area contributed by atoms with Crippen LogP contribution in [-0.2, 0) is 11.2 Å². The number of carbonyl (C=O) groups excluding carboxylic acids is 1. The Morgan fingerprint density at radius 1 is 1.21 bits per heavy atom. The molecule has 1 N–H and O–H groups in total. The fraction of sp³-hybridized carbons (Fsp3) is 0.632. The highest BCUT2D eigenvalue weighted by atomic mass is 16.6. The van der Waals surface area contributed by atoms with E-state index >= 15 is 0 Å². The van der Waals surface area contributed by atoms with Gasteiger partial charge in [0.1, 0.15) is 17.6 Å². The molecule has 1 fully saturated rings. The molecule has 0 saturated carbocycles. The number of carbonyl (C=O) groups is 1. The molecular weight excluding hydrogens is 304 g/mol. The van der Waals surface area contributed by atoms with Gasteiger partial charge < -0.3 is 14.8 Å². The maximum Gasteiger partial charge on any atom is 0.407 e. The van der Waals surface area contributed by atoms with Gasteiger partial charge in [-0.2, -0.15) is 0 Å². The SMILES string of the molecule is CC(Oc1ccc(CCNC(=O)OC(C)(C)C)cc1)N1CCCC1. The molecule has 5 heteroatoms. The normalized spacial score (nSPS) is 16.7. The molecule has 134 valence electrons. The first-order valence-corrected chi connectivity index (χ1v) is 8.80. The summed E-state index contributed by atoms with van der Waals surface area (Å²) >= 11 is 0. The van der Waals surface area contributed by atoms with Gasteiger partial charge in [-0.15, -0.1) is 0 Å². The first-order valence-electron chi connectivity index (χ1n) is 8.80. The Bertz CT molecular complexity index is 516. The zero-order valence-electron chi connectivity index (χ0n) is 15.3. The van der Waals surface area contributed by atoms with Crippen molar-refractivity contribution in [3.63, 3.8) is 0 Å². The molecule has 1 atom stereocenters. The minimum Gasteiger partial charge on any atom is -0.475 e. The molecule has 24 heavy (non-hydrogen) atoms. The standard InChI is InChI=1S/C19H30N2O3/c1-15(21-13-5-6-14-21)23-17-9-7-16(8-10-17)11-12-20-18(22)24-19(2,3)4/h7-10,15H,5-6,11-14H2,1-4H3,(H,20,22). The molecule has 0 spiro atoms. The average molecular weight is 334 g/mol. The van der Waals surface area contributed by atoms with Crippen LogP contribution < -0.4 is 10.1 Å². The van der Waals surface area contributed by atoms with E-state index in [1.165, 1.54) is 12.8 Å². The summed E-state index contributed by atoms with van der Waals surface area (Å²) in [6.07, 6.45) is 3.03. The maximum atomic E-state index is 11.6. The van der Waals surface area contributed by atoms with Crippen molar-refractivity contribution in [2.75, 3.05) is 19.6 Å². The smallest absolute Gasteiger partial charge is 0.407 e. The third-order valence-electron chi connectivity index (χ3n) is 3.97. The summed E-state index contributed by atoms with van der Waals surface area (Å²) in [7, 11) is 0. The summed E-state index contributed by atoms with van der Waals surface area (Å²) in [6.45, 7) is 10.5. The van der Waals surface area contributed by atoms with E-state index in [1.807, 2.05) is 45.0 Å². The van der Waals surface area contributed by atoms with Gasteiger partial charge in [0.05, 0.1) is 0 Å². The van der Waals surface area contributed by atoms with Gasteiger partial charge in [0.15, 0.2) is 0 Å². The monoisotopic (exact) mass is 334 g/mol. The molecule has 1 aliphatic heterocycles. The predicted molar refractivity (Wildman–Crippen MR) is 95.3 cm³/mol. The summed E-state index contributed by atoms with van der Waals surface area (Å²) in [5.74, 6) is 0.887. The molecule has 1 unspecified atom stereocenters. The Kier molecular flexibility index (Phi) is 6.49. The summed E-state index contributed by atoms with van der Waals surface area (Å²) in [5.41, 5.74) is 0.696. The van der Waals surface area contributed by atoms with Gasteiger partial charge in [0.25, 0.3) is 0 Å². The highest BCUT2D eigenvalue weighted by molar-refractivity contribution is 5.67. The Balaban J connectivity index is 1.72. The van der Waals surface area contributed by atoms with E-state index in [4.69, 9.17) is 9.47 Å². The van der Waals surface area contributed by atoms with Gasteiger partial charge in [-0.25, -0.2) is 4.79 Å². The lowest BCUT2D eigenvalue weighted by Crippen LogP contribution is -2.34. The molecule has 2 rings (SSSR count). The molecule has 1 aromatic rings. The second-order valence-corrected chi connectivity index (χ2v) is 7.28. The molecule has 1 heterocycles. The molecule has 1 saturated heterocycles. The zero-order valence-corrected chi connectivity index (χ0v) is 15.3. The molecule has 0 aliphatic carbocycles. The maximum absolute atomic E-state index is 11.6. The number of ether oxygens (including phenoxy) is 2. The predicted octanol–water partition coefficient (Wildman–Crippen LogP) is 3.57. The molecule has 1 aliphatic rings. The lowest BCUT2D eigenvalue weighted by Gasteiger charge is -2.24. The second kappa shape index (κ2) is 8.38. The molecular formula is C19H30N2O3. The van der Waals surface area contributed by atoms with Crippen molar-refractivity contribution < 1.29 is 14.3 Å². The topological polar surface area (TPSA) is 50.8 Å². The van der Waals surface area contributed by atoms with Crippen LogP contribution in [0.3, 0.4) is 0 Å². The molecule has 1 aromatic carbocycles. The number of hydrogen-bond donors (Lipinski definition) is 1. The number of likely N-dealkylation sites (tertiary alicyclic amines) is 1. The summed E-state index contributed by atoms with van der Waals surface area (Å²) in [5, 5.41) is 2.77. The van der Waals surface area contributed by atoms with Crippen LogP contribution in [0.25, 0.3) is 0 Å². The van der Waals surface area contributed by atoms with E-state index in [0.29, 0.717) is 6.54 Å².